The van der Waals surface area contributed by atoms with Crippen LogP contribution in [0.2, 0.25) is 0 Å². The number of rotatable bonds is 10. The van der Waals surface area contributed by atoms with Gasteiger partial charge in [-0.3, -0.25) is 4.79 Å². The maximum absolute atomic E-state index is 13.0. The van der Waals surface area contributed by atoms with Crippen LogP contribution in [0.25, 0.3) is 0 Å². The summed E-state index contributed by atoms with van der Waals surface area (Å²) in [5.41, 5.74) is -0.367. The standard InChI is InChI=1S/C22H20F6N6O2/c23-21(24,25)13-36-20-33-18(29-11-5-10-17(35)30-15-7-2-1-3-8-15)32-19(34-20)31-16-9-4-6-14(12-16)22(26,27)28/h1-4,6-9,12H,5,10-11,13H2,(H,30,35)(H2,29,31,32,33,34). The van der Waals surface area contributed by atoms with Crippen molar-refractivity contribution in [1.29, 1.82) is 0 Å². The fourth-order valence-electron chi connectivity index (χ4n) is 2.80. The van der Waals surface area contributed by atoms with Gasteiger partial charge in [-0.15, -0.1) is 0 Å². The molecule has 0 spiro atoms. The maximum Gasteiger partial charge on any atom is 0.422 e. The molecule has 0 atom stereocenters. The number of carbonyl (C=O) groups is 1. The molecule has 0 saturated heterocycles. The summed E-state index contributed by atoms with van der Waals surface area (Å²) in [6.45, 7) is -1.52. The number of alkyl halides is 6. The first-order valence-electron chi connectivity index (χ1n) is 10.5. The summed E-state index contributed by atoms with van der Waals surface area (Å²) in [4.78, 5) is 23.4. The van der Waals surface area contributed by atoms with Crippen LogP contribution in [-0.2, 0) is 11.0 Å². The van der Waals surface area contributed by atoms with Crippen LogP contribution in [0.5, 0.6) is 6.01 Å². The van der Waals surface area contributed by atoms with Gasteiger partial charge in [0.15, 0.2) is 6.61 Å². The molecule has 3 rings (SSSR count). The Morgan fingerprint density at radius 1 is 0.861 bits per heavy atom. The van der Waals surface area contributed by atoms with E-state index in [0.29, 0.717) is 12.1 Å². The van der Waals surface area contributed by atoms with Crippen LogP contribution in [-0.4, -0.2) is 40.2 Å². The first-order valence-corrected chi connectivity index (χ1v) is 10.5. The van der Waals surface area contributed by atoms with Crippen LogP contribution >= 0.6 is 0 Å². The predicted molar refractivity (Wildman–Crippen MR) is 119 cm³/mol. The summed E-state index contributed by atoms with van der Waals surface area (Å²) in [6, 6.07) is 12.2. The third kappa shape index (κ3) is 8.92. The molecule has 3 N–H and O–H groups in total. The number of amides is 1. The normalized spacial score (nSPS) is 11.6. The monoisotopic (exact) mass is 514 g/mol. The van der Waals surface area contributed by atoms with Crippen LogP contribution in [0.1, 0.15) is 18.4 Å². The van der Waals surface area contributed by atoms with Crippen molar-refractivity contribution in [3.63, 3.8) is 0 Å². The number of hydrogen-bond acceptors (Lipinski definition) is 7. The number of halogens is 6. The number of nitrogens with zero attached hydrogens (tertiary/aromatic N) is 3. The van der Waals surface area contributed by atoms with E-state index >= 15 is 0 Å². The molecule has 1 amide bonds. The van der Waals surface area contributed by atoms with Crippen LogP contribution in [0.3, 0.4) is 0 Å². The number of benzene rings is 2. The van der Waals surface area contributed by atoms with E-state index in [9.17, 15) is 31.1 Å². The largest absolute Gasteiger partial charge is 0.454 e. The number of hydrogen-bond donors (Lipinski definition) is 3. The lowest BCUT2D eigenvalue weighted by atomic mass is 10.2. The SMILES string of the molecule is O=C(CCCNc1nc(Nc2cccc(C(F)(F)F)c2)nc(OCC(F)(F)F)n1)Nc1ccccc1. The predicted octanol–water partition coefficient (Wildman–Crippen LogP) is 5.41. The topological polar surface area (TPSA) is 101 Å². The Labute approximate surface area is 201 Å². The van der Waals surface area contributed by atoms with Gasteiger partial charge in [0.05, 0.1) is 5.56 Å². The Morgan fingerprint density at radius 3 is 2.25 bits per heavy atom. The minimum absolute atomic E-state index is 0.0543. The average molecular weight is 514 g/mol. The third-order valence-corrected chi connectivity index (χ3v) is 4.35. The van der Waals surface area contributed by atoms with Crippen molar-refractivity contribution in [1.82, 2.24) is 15.0 Å². The van der Waals surface area contributed by atoms with Gasteiger partial charge in [0.1, 0.15) is 0 Å². The van der Waals surface area contributed by atoms with Gasteiger partial charge >= 0.3 is 18.4 Å². The molecular weight excluding hydrogens is 494 g/mol. The molecule has 0 aliphatic rings. The third-order valence-electron chi connectivity index (χ3n) is 4.35. The van der Waals surface area contributed by atoms with E-state index in [1.165, 1.54) is 6.07 Å². The van der Waals surface area contributed by atoms with Crippen molar-refractivity contribution >= 4 is 29.2 Å². The molecule has 3 aromatic rings. The van der Waals surface area contributed by atoms with Crippen LogP contribution < -0.4 is 20.7 Å². The zero-order valence-corrected chi connectivity index (χ0v) is 18.5. The molecule has 1 aromatic heterocycles. The summed E-state index contributed by atoms with van der Waals surface area (Å²) in [5, 5.41) is 7.95. The van der Waals surface area contributed by atoms with Gasteiger partial charge in [-0.05, 0) is 36.8 Å². The van der Waals surface area contributed by atoms with Gasteiger partial charge in [-0.2, -0.15) is 41.3 Å². The number of para-hydroxylation sites is 1. The highest BCUT2D eigenvalue weighted by Gasteiger charge is 2.31. The Hall–Kier alpha value is -4.10. The quantitative estimate of drug-likeness (QED) is 0.246. The molecule has 0 aliphatic heterocycles. The van der Waals surface area contributed by atoms with Crippen molar-refractivity contribution in [2.75, 3.05) is 29.1 Å². The van der Waals surface area contributed by atoms with Crippen molar-refractivity contribution < 1.29 is 35.9 Å². The van der Waals surface area contributed by atoms with Crippen LogP contribution in [0, 0.1) is 0 Å². The summed E-state index contributed by atoms with van der Waals surface area (Å²) in [7, 11) is 0. The fraction of sp³-hybridized carbons (Fsp3) is 0.273. The molecule has 2 aromatic carbocycles. The Balaban J connectivity index is 1.66. The molecule has 192 valence electrons. The number of carbonyl (C=O) groups excluding carboxylic acids is 1. The van der Waals surface area contributed by atoms with Crippen molar-refractivity contribution in [2.45, 2.75) is 25.2 Å². The molecule has 14 heteroatoms. The molecule has 0 bridgehead atoms. The van der Waals surface area contributed by atoms with E-state index in [4.69, 9.17) is 0 Å². The number of nitrogens with one attached hydrogen (secondary N) is 3. The molecular formula is C22H20F6N6O2. The molecule has 0 aliphatic carbocycles. The highest BCUT2D eigenvalue weighted by molar-refractivity contribution is 5.90. The van der Waals surface area contributed by atoms with E-state index in [1.54, 1.807) is 30.3 Å². The maximum atomic E-state index is 13.0. The second-order valence-corrected chi connectivity index (χ2v) is 7.32. The highest BCUT2D eigenvalue weighted by Crippen LogP contribution is 2.31. The van der Waals surface area contributed by atoms with E-state index in [0.717, 1.165) is 18.2 Å². The number of aromatic nitrogens is 3. The zero-order chi connectivity index (χ0) is 26.2. The minimum atomic E-state index is -4.67. The smallest absolute Gasteiger partial charge is 0.422 e. The Kier molecular flexibility index (Phi) is 8.51. The molecule has 0 fully saturated rings. The van der Waals surface area contributed by atoms with E-state index in [1.807, 2.05) is 0 Å². The number of ether oxygens (including phenoxy) is 1. The lowest BCUT2D eigenvalue weighted by molar-refractivity contribution is -0.154. The molecule has 1 heterocycles. The Bertz CT molecular complexity index is 1160. The first-order chi connectivity index (χ1) is 17.0. The number of anilines is 4. The zero-order valence-electron chi connectivity index (χ0n) is 18.5. The van der Waals surface area contributed by atoms with Crippen molar-refractivity contribution in [3.05, 3.63) is 60.2 Å². The van der Waals surface area contributed by atoms with Crippen molar-refractivity contribution in [2.24, 2.45) is 0 Å². The van der Waals surface area contributed by atoms with Crippen molar-refractivity contribution in [3.8, 4) is 6.01 Å². The lowest BCUT2D eigenvalue weighted by Gasteiger charge is -2.13. The summed E-state index contributed by atoms with van der Waals surface area (Å²) >= 11 is 0. The van der Waals surface area contributed by atoms with Gasteiger partial charge in [-0.25, -0.2) is 0 Å². The molecule has 0 saturated carbocycles. The molecule has 36 heavy (non-hydrogen) atoms. The first kappa shape index (κ1) is 26.5. The average Bonchev–Trinajstić information content (AvgIpc) is 2.80. The summed E-state index contributed by atoms with van der Waals surface area (Å²) < 4.78 is 81.1. The van der Waals surface area contributed by atoms with Gasteiger partial charge in [0.2, 0.25) is 17.8 Å². The van der Waals surface area contributed by atoms with Gasteiger partial charge in [0, 0.05) is 24.3 Å². The minimum Gasteiger partial charge on any atom is -0.454 e. The second kappa shape index (κ2) is 11.6. The van der Waals surface area contributed by atoms with Gasteiger partial charge in [0.25, 0.3) is 0 Å². The lowest BCUT2D eigenvalue weighted by Crippen LogP contribution is -2.21. The summed E-state index contributed by atoms with van der Waals surface area (Å²) in [5.74, 6) is -0.786. The summed E-state index contributed by atoms with van der Waals surface area (Å²) in [6.07, 6.45) is -8.82. The highest BCUT2D eigenvalue weighted by atomic mass is 19.4. The Morgan fingerprint density at radius 2 is 1.56 bits per heavy atom. The van der Waals surface area contributed by atoms with Gasteiger partial charge in [-0.1, -0.05) is 24.3 Å². The van der Waals surface area contributed by atoms with Crippen LogP contribution in [0.15, 0.2) is 54.6 Å². The molecule has 8 nitrogen and oxygen atoms in total. The molecule has 0 radical (unpaired) electrons. The fourth-order valence-corrected chi connectivity index (χ4v) is 2.80. The van der Waals surface area contributed by atoms with E-state index in [-0.39, 0.29) is 36.5 Å². The van der Waals surface area contributed by atoms with Gasteiger partial charge < -0.3 is 20.7 Å². The van der Waals surface area contributed by atoms with Crippen LogP contribution in [0.4, 0.5) is 49.6 Å². The second-order valence-electron chi connectivity index (χ2n) is 7.32. The molecule has 0 unspecified atom stereocenters. The van der Waals surface area contributed by atoms with E-state index < -0.39 is 30.5 Å². The van der Waals surface area contributed by atoms with E-state index in [2.05, 4.69) is 35.6 Å².